The number of nitrogens with zero attached hydrogens (tertiary/aromatic N) is 1. The minimum atomic E-state index is 0.292. The quantitative estimate of drug-likeness (QED) is 0.914. The van der Waals surface area contributed by atoms with Crippen LogP contribution in [-0.2, 0) is 4.79 Å². The van der Waals surface area contributed by atoms with Crippen LogP contribution in [-0.4, -0.2) is 25.5 Å². The van der Waals surface area contributed by atoms with E-state index in [2.05, 4.69) is 40.5 Å². The van der Waals surface area contributed by atoms with Crippen molar-refractivity contribution < 1.29 is 4.79 Å². The largest absolute Gasteiger partial charge is 0.371 e. The zero-order valence-electron chi connectivity index (χ0n) is 12.1. The molecule has 0 bridgehead atoms. The maximum atomic E-state index is 12.0. The zero-order chi connectivity index (χ0) is 13.8. The Morgan fingerprint density at radius 3 is 2.65 bits per heavy atom. The summed E-state index contributed by atoms with van der Waals surface area (Å²) in [6, 6.07) is 10.6. The molecule has 0 unspecified atom stereocenters. The lowest BCUT2D eigenvalue weighted by Crippen LogP contribution is -2.34. The summed E-state index contributed by atoms with van der Waals surface area (Å²) in [6.45, 7) is 3.02. The average molecular weight is 272 g/mol. The van der Waals surface area contributed by atoms with Crippen LogP contribution < -0.4 is 10.2 Å². The molecule has 1 heterocycles. The molecule has 1 aromatic rings. The Morgan fingerprint density at radius 2 is 1.90 bits per heavy atom. The maximum absolute atomic E-state index is 12.0. The molecule has 1 aliphatic carbocycles. The topological polar surface area (TPSA) is 32.3 Å². The minimum absolute atomic E-state index is 0.292. The van der Waals surface area contributed by atoms with Crippen molar-refractivity contribution in [2.24, 2.45) is 11.8 Å². The molecule has 0 radical (unpaired) electrons. The Bertz CT molecular complexity index is 440. The van der Waals surface area contributed by atoms with E-state index in [9.17, 15) is 4.79 Å². The van der Waals surface area contributed by atoms with Crippen LogP contribution in [0.3, 0.4) is 0 Å². The highest BCUT2D eigenvalue weighted by Crippen LogP contribution is 2.26. The Kier molecular flexibility index (Phi) is 4.24. The summed E-state index contributed by atoms with van der Waals surface area (Å²) < 4.78 is 0. The molecule has 1 saturated heterocycles. The molecule has 0 aromatic heterocycles. The lowest BCUT2D eigenvalue weighted by Gasteiger charge is -2.19. The molecule has 1 atom stereocenters. The minimum Gasteiger partial charge on any atom is -0.371 e. The van der Waals surface area contributed by atoms with Gasteiger partial charge in [-0.3, -0.25) is 4.79 Å². The van der Waals surface area contributed by atoms with Gasteiger partial charge in [-0.2, -0.15) is 0 Å². The number of anilines is 1. The highest BCUT2D eigenvalue weighted by molar-refractivity contribution is 5.78. The smallest absolute Gasteiger partial charge is 0.223 e. The van der Waals surface area contributed by atoms with Crippen LogP contribution in [0.25, 0.3) is 0 Å². The number of hydrogen-bond acceptors (Lipinski definition) is 2. The van der Waals surface area contributed by atoms with E-state index in [1.54, 1.807) is 0 Å². The number of carbonyl (C=O) groups excluding carboxylic acids is 1. The Hall–Kier alpha value is -1.51. The lowest BCUT2D eigenvalue weighted by atomic mass is 10.1. The number of benzene rings is 1. The van der Waals surface area contributed by atoms with Gasteiger partial charge in [0, 0.05) is 31.2 Å². The standard InChI is InChI=1S/C17H24N2O/c20-17(15-6-4-5-7-15)18-12-14-10-11-19(13-14)16-8-2-1-3-9-16/h1-3,8-9,14-15H,4-7,10-13H2,(H,18,20)/t14-/m1/s1. The fourth-order valence-electron chi connectivity index (χ4n) is 3.45. The SMILES string of the molecule is O=C(NC[C@H]1CCN(c2ccccc2)C1)C1CCCC1. The van der Waals surface area contributed by atoms with Crippen molar-refractivity contribution in [1.29, 1.82) is 0 Å². The van der Waals surface area contributed by atoms with Gasteiger partial charge in [0.05, 0.1) is 0 Å². The van der Waals surface area contributed by atoms with Crippen LogP contribution in [0, 0.1) is 11.8 Å². The molecule has 2 aliphatic rings. The fraction of sp³-hybridized carbons (Fsp3) is 0.588. The normalized spacial score (nSPS) is 23.2. The lowest BCUT2D eigenvalue weighted by molar-refractivity contribution is -0.124. The van der Waals surface area contributed by atoms with Crippen LogP contribution in [0.1, 0.15) is 32.1 Å². The third-order valence-corrected chi connectivity index (χ3v) is 4.70. The molecule has 1 amide bonds. The van der Waals surface area contributed by atoms with Crippen LogP contribution >= 0.6 is 0 Å². The van der Waals surface area contributed by atoms with Crippen molar-refractivity contribution in [2.45, 2.75) is 32.1 Å². The highest BCUT2D eigenvalue weighted by atomic mass is 16.1. The average Bonchev–Trinajstić information content (AvgIpc) is 3.17. The van der Waals surface area contributed by atoms with E-state index in [1.807, 2.05) is 0 Å². The van der Waals surface area contributed by atoms with E-state index in [0.29, 0.717) is 17.7 Å². The van der Waals surface area contributed by atoms with Gasteiger partial charge in [-0.25, -0.2) is 0 Å². The molecule has 108 valence electrons. The van der Waals surface area contributed by atoms with Crippen molar-refractivity contribution in [1.82, 2.24) is 5.32 Å². The number of carbonyl (C=O) groups is 1. The van der Waals surface area contributed by atoms with Gasteiger partial charge < -0.3 is 10.2 Å². The van der Waals surface area contributed by atoms with Crippen molar-refractivity contribution in [3.05, 3.63) is 30.3 Å². The number of amides is 1. The molecule has 0 spiro atoms. The van der Waals surface area contributed by atoms with Crippen molar-refractivity contribution in [3.8, 4) is 0 Å². The third kappa shape index (κ3) is 3.14. The number of nitrogens with one attached hydrogen (secondary N) is 1. The van der Waals surface area contributed by atoms with Crippen LogP contribution in [0.15, 0.2) is 30.3 Å². The van der Waals surface area contributed by atoms with Gasteiger partial charge >= 0.3 is 0 Å². The van der Waals surface area contributed by atoms with Crippen molar-refractivity contribution in [2.75, 3.05) is 24.5 Å². The number of rotatable bonds is 4. The van der Waals surface area contributed by atoms with Gasteiger partial charge in [-0.15, -0.1) is 0 Å². The van der Waals surface area contributed by atoms with E-state index in [0.717, 1.165) is 32.5 Å². The summed E-state index contributed by atoms with van der Waals surface area (Å²) in [4.78, 5) is 14.5. The van der Waals surface area contributed by atoms with E-state index >= 15 is 0 Å². The second kappa shape index (κ2) is 6.29. The molecule has 3 heteroatoms. The molecule has 3 nitrogen and oxygen atoms in total. The van der Waals surface area contributed by atoms with Gasteiger partial charge in [-0.1, -0.05) is 31.0 Å². The van der Waals surface area contributed by atoms with Crippen molar-refractivity contribution >= 4 is 11.6 Å². The molecule has 1 aliphatic heterocycles. The summed E-state index contributed by atoms with van der Waals surface area (Å²) >= 11 is 0. The van der Waals surface area contributed by atoms with Gasteiger partial charge in [0.25, 0.3) is 0 Å². The first-order valence-electron chi connectivity index (χ1n) is 7.90. The Labute approximate surface area is 121 Å². The summed E-state index contributed by atoms with van der Waals surface area (Å²) in [5, 5.41) is 3.17. The summed E-state index contributed by atoms with van der Waals surface area (Å²) in [7, 11) is 0. The Morgan fingerprint density at radius 1 is 1.15 bits per heavy atom. The first-order valence-corrected chi connectivity index (χ1v) is 7.90. The van der Waals surface area contributed by atoms with Crippen LogP contribution in [0.4, 0.5) is 5.69 Å². The van der Waals surface area contributed by atoms with Crippen LogP contribution in [0.2, 0.25) is 0 Å². The molecule has 1 aromatic carbocycles. The zero-order valence-corrected chi connectivity index (χ0v) is 12.1. The van der Waals surface area contributed by atoms with E-state index in [-0.39, 0.29) is 0 Å². The number of para-hydroxylation sites is 1. The highest BCUT2D eigenvalue weighted by Gasteiger charge is 2.26. The van der Waals surface area contributed by atoms with E-state index in [4.69, 9.17) is 0 Å². The summed E-state index contributed by atoms with van der Waals surface area (Å²) in [5.74, 6) is 1.18. The monoisotopic (exact) mass is 272 g/mol. The fourth-order valence-corrected chi connectivity index (χ4v) is 3.45. The van der Waals surface area contributed by atoms with Gasteiger partial charge in [0.15, 0.2) is 0 Å². The summed E-state index contributed by atoms with van der Waals surface area (Å²) in [5.41, 5.74) is 1.30. The maximum Gasteiger partial charge on any atom is 0.223 e. The first-order chi connectivity index (χ1) is 9.83. The predicted octanol–water partition coefficient (Wildman–Crippen LogP) is 2.82. The summed E-state index contributed by atoms with van der Waals surface area (Å²) in [6.07, 6.45) is 5.81. The molecule has 20 heavy (non-hydrogen) atoms. The van der Waals surface area contributed by atoms with E-state index < -0.39 is 0 Å². The predicted molar refractivity (Wildman–Crippen MR) is 81.7 cm³/mol. The Balaban J connectivity index is 1.45. The molecule has 1 N–H and O–H groups in total. The third-order valence-electron chi connectivity index (χ3n) is 4.70. The van der Waals surface area contributed by atoms with Crippen LogP contribution in [0.5, 0.6) is 0 Å². The molecular weight excluding hydrogens is 248 g/mol. The number of hydrogen-bond donors (Lipinski definition) is 1. The van der Waals surface area contributed by atoms with Gasteiger partial charge in [0.1, 0.15) is 0 Å². The van der Waals surface area contributed by atoms with Gasteiger partial charge in [-0.05, 0) is 37.3 Å². The van der Waals surface area contributed by atoms with E-state index in [1.165, 1.54) is 24.9 Å². The second-order valence-corrected chi connectivity index (χ2v) is 6.16. The van der Waals surface area contributed by atoms with Crippen molar-refractivity contribution in [3.63, 3.8) is 0 Å². The molecule has 1 saturated carbocycles. The van der Waals surface area contributed by atoms with Gasteiger partial charge in [0.2, 0.25) is 5.91 Å². The molecular formula is C17H24N2O. The molecule has 2 fully saturated rings. The second-order valence-electron chi connectivity index (χ2n) is 6.16. The first kappa shape index (κ1) is 13.5. The molecule has 3 rings (SSSR count).